The lowest BCUT2D eigenvalue weighted by Gasteiger charge is -2.34. The number of benzene rings is 1. The number of amidine groups is 1. The van der Waals surface area contributed by atoms with Crippen LogP contribution in [0.15, 0.2) is 41.5 Å². The zero-order chi connectivity index (χ0) is 19.0. The summed E-state index contributed by atoms with van der Waals surface area (Å²) in [6.07, 6.45) is 1.71. The van der Waals surface area contributed by atoms with Crippen LogP contribution >= 0.6 is 11.8 Å². The number of carbonyl (C=O) groups is 1. The third kappa shape index (κ3) is 3.28. The molecule has 1 amide bonds. The van der Waals surface area contributed by atoms with E-state index >= 15 is 0 Å². The summed E-state index contributed by atoms with van der Waals surface area (Å²) in [7, 11) is 0. The van der Waals surface area contributed by atoms with Crippen molar-refractivity contribution in [3.8, 4) is 0 Å². The van der Waals surface area contributed by atoms with Gasteiger partial charge in [-0.1, -0.05) is 11.8 Å². The van der Waals surface area contributed by atoms with Crippen molar-refractivity contribution in [1.29, 1.82) is 0 Å². The molecule has 2 aliphatic rings. The molecule has 0 aliphatic carbocycles. The van der Waals surface area contributed by atoms with Gasteiger partial charge in [-0.2, -0.15) is 0 Å². The number of nitrogens with one attached hydrogen (secondary N) is 1. The average molecular weight is 390 g/mol. The van der Waals surface area contributed by atoms with Crippen molar-refractivity contribution < 1.29 is 18.3 Å². The minimum atomic E-state index is -1.17. The first-order chi connectivity index (χ1) is 13.0. The number of pyridine rings is 1. The van der Waals surface area contributed by atoms with Crippen molar-refractivity contribution >= 4 is 28.5 Å². The molecule has 1 aromatic carbocycles. The van der Waals surface area contributed by atoms with Gasteiger partial charge in [0.25, 0.3) is 5.91 Å². The number of anilines is 1. The molecule has 0 saturated carbocycles. The van der Waals surface area contributed by atoms with Crippen molar-refractivity contribution in [3.05, 3.63) is 59.4 Å². The number of fused-ring (bicyclic) bond motifs is 1. The zero-order valence-electron chi connectivity index (χ0n) is 14.1. The first-order valence-electron chi connectivity index (χ1n) is 8.33. The Morgan fingerprint density at radius 3 is 2.96 bits per heavy atom. The Morgan fingerprint density at radius 2 is 2.19 bits per heavy atom. The molecule has 0 unspecified atom stereocenters. The molecule has 0 bridgehead atoms. The highest BCUT2D eigenvalue weighted by atomic mass is 32.2. The molecule has 2 aliphatic heterocycles. The van der Waals surface area contributed by atoms with Gasteiger partial charge in [-0.3, -0.25) is 4.79 Å². The standard InChI is InChI=1S/C18H16F2N4O2S/c19-11-1-4-15(22-8-11)16(25)23-12-2-3-14(20)13(7-12)18-10(5-6-26-18)9-27-17(21)24-18/h1-4,7-8,10H,5-6,9H2,(H2,21,24)(H,23,25)/t10-,18+/m0/s1. The van der Waals surface area contributed by atoms with Crippen LogP contribution < -0.4 is 11.1 Å². The summed E-state index contributed by atoms with van der Waals surface area (Å²) in [5.41, 5.74) is 5.34. The number of nitrogens with zero attached hydrogens (tertiary/aromatic N) is 2. The summed E-state index contributed by atoms with van der Waals surface area (Å²) >= 11 is 1.42. The highest BCUT2D eigenvalue weighted by molar-refractivity contribution is 8.13. The SMILES string of the molecule is NC1=N[C@@]2(c3cc(NC(=O)c4ccc(F)cn4)ccc3F)OCC[C@H]2CS1. The first kappa shape index (κ1) is 17.9. The molecule has 27 heavy (non-hydrogen) atoms. The average Bonchev–Trinajstić information content (AvgIpc) is 3.07. The number of amides is 1. The number of rotatable bonds is 3. The summed E-state index contributed by atoms with van der Waals surface area (Å²) in [4.78, 5) is 20.5. The molecule has 9 heteroatoms. The zero-order valence-corrected chi connectivity index (χ0v) is 14.9. The summed E-state index contributed by atoms with van der Waals surface area (Å²) in [6.45, 7) is 0.456. The lowest BCUT2D eigenvalue weighted by molar-refractivity contribution is -0.0170. The first-order valence-corrected chi connectivity index (χ1v) is 9.31. The number of halogens is 2. The van der Waals surface area contributed by atoms with E-state index in [1.807, 2.05) is 0 Å². The molecule has 3 heterocycles. The van der Waals surface area contributed by atoms with Gasteiger partial charge in [0.15, 0.2) is 10.9 Å². The quantitative estimate of drug-likeness (QED) is 0.841. The molecule has 0 radical (unpaired) electrons. The maximum absolute atomic E-state index is 14.7. The van der Waals surface area contributed by atoms with Crippen LogP contribution in [0.25, 0.3) is 0 Å². The second-order valence-electron chi connectivity index (χ2n) is 6.30. The minimum Gasteiger partial charge on any atom is -0.378 e. The fourth-order valence-corrected chi connectivity index (χ4v) is 4.28. The topological polar surface area (TPSA) is 89.6 Å². The number of hydrogen-bond acceptors (Lipinski definition) is 6. The van der Waals surface area contributed by atoms with Gasteiger partial charge in [-0.25, -0.2) is 18.8 Å². The van der Waals surface area contributed by atoms with Crippen LogP contribution in [0, 0.1) is 17.6 Å². The maximum atomic E-state index is 14.7. The summed E-state index contributed by atoms with van der Waals surface area (Å²) in [5, 5.41) is 2.99. The lowest BCUT2D eigenvalue weighted by Crippen LogP contribution is -2.38. The Balaban J connectivity index is 1.67. The molecule has 4 rings (SSSR count). The normalized spacial score (nSPS) is 24.2. The van der Waals surface area contributed by atoms with E-state index in [1.54, 1.807) is 0 Å². The monoisotopic (exact) mass is 390 g/mol. The van der Waals surface area contributed by atoms with Crippen LogP contribution in [0.4, 0.5) is 14.5 Å². The molecular formula is C18H16F2N4O2S. The number of ether oxygens (including phenoxy) is 1. The molecule has 6 nitrogen and oxygen atoms in total. The Kier molecular flexibility index (Phi) is 4.56. The van der Waals surface area contributed by atoms with Crippen LogP contribution in [-0.4, -0.2) is 28.4 Å². The molecular weight excluding hydrogens is 374 g/mol. The van der Waals surface area contributed by atoms with Crippen molar-refractivity contribution in [3.63, 3.8) is 0 Å². The Bertz CT molecular complexity index is 922. The summed E-state index contributed by atoms with van der Waals surface area (Å²) in [6, 6.07) is 6.61. The van der Waals surface area contributed by atoms with Crippen LogP contribution in [0.2, 0.25) is 0 Å². The van der Waals surface area contributed by atoms with Gasteiger partial charge >= 0.3 is 0 Å². The highest BCUT2D eigenvalue weighted by Crippen LogP contribution is 2.48. The number of carbonyl (C=O) groups excluding carboxylic acids is 1. The van der Waals surface area contributed by atoms with Crippen molar-refractivity contribution in [2.24, 2.45) is 16.6 Å². The maximum Gasteiger partial charge on any atom is 0.274 e. The third-order valence-electron chi connectivity index (χ3n) is 4.62. The van der Waals surface area contributed by atoms with E-state index in [-0.39, 0.29) is 17.2 Å². The van der Waals surface area contributed by atoms with E-state index in [2.05, 4.69) is 15.3 Å². The molecule has 3 N–H and O–H groups in total. The molecule has 0 spiro atoms. The number of nitrogens with two attached hydrogens (primary N) is 1. The largest absolute Gasteiger partial charge is 0.378 e. The fraction of sp³-hybridized carbons (Fsp3) is 0.278. The van der Waals surface area contributed by atoms with Gasteiger partial charge in [0.2, 0.25) is 0 Å². The molecule has 140 valence electrons. The smallest absolute Gasteiger partial charge is 0.274 e. The van der Waals surface area contributed by atoms with Crippen LogP contribution in [-0.2, 0) is 10.5 Å². The van der Waals surface area contributed by atoms with Gasteiger partial charge in [-0.15, -0.1) is 0 Å². The lowest BCUT2D eigenvalue weighted by atomic mass is 9.89. The Labute approximate surface area is 158 Å². The second kappa shape index (κ2) is 6.90. The van der Waals surface area contributed by atoms with E-state index in [1.165, 1.54) is 36.0 Å². The van der Waals surface area contributed by atoms with Gasteiger partial charge in [0, 0.05) is 22.9 Å². The molecule has 2 aromatic rings. The highest BCUT2D eigenvalue weighted by Gasteiger charge is 2.49. The molecule has 2 atom stereocenters. The number of aromatic nitrogens is 1. The molecule has 1 fully saturated rings. The van der Waals surface area contributed by atoms with Crippen LogP contribution in [0.3, 0.4) is 0 Å². The van der Waals surface area contributed by atoms with E-state index in [9.17, 15) is 13.6 Å². The van der Waals surface area contributed by atoms with Crippen molar-refractivity contribution in [1.82, 2.24) is 4.98 Å². The van der Waals surface area contributed by atoms with E-state index in [0.29, 0.717) is 23.2 Å². The molecule has 1 saturated heterocycles. The Morgan fingerprint density at radius 1 is 1.33 bits per heavy atom. The van der Waals surface area contributed by atoms with Gasteiger partial charge in [-0.05, 0) is 36.8 Å². The number of aliphatic imine (C=N–C) groups is 1. The summed E-state index contributed by atoms with van der Waals surface area (Å²) in [5.74, 6) is -0.872. The van der Waals surface area contributed by atoms with Gasteiger partial charge in [0.1, 0.15) is 17.3 Å². The van der Waals surface area contributed by atoms with E-state index in [0.717, 1.165) is 18.7 Å². The van der Waals surface area contributed by atoms with Crippen LogP contribution in [0.5, 0.6) is 0 Å². The fourth-order valence-electron chi connectivity index (χ4n) is 3.31. The van der Waals surface area contributed by atoms with Crippen LogP contribution in [0.1, 0.15) is 22.5 Å². The van der Waals surface area contributed by atoms with Gasteiger partial charge < -0.3 is 15.8 Å². The van der Waals surface area contributed by atoms with Crippen molar-refractivity contribution in [2.75, 3.05) is 17.7 Å². The number of hydrogen-bond donors (Lipinski definition) is 2. The van der Waals surface area contributed by atoms with E-state index in [4.69, 9.17) is 10.5 Å². The number of thioether (sulfide) groups is 1. The predicted octanol–water partition coefficient (Wildman–Crippen LogP) is 2.86. The predicted molar refractivity (Wildman–Crippen MR) is 98.4 cm³/mol. The third-order valence-corrected chi connectivity index (χ3v) is 5.58. The Hall–Kier alpha value is -2.52. The van der Waals surface area contributed by atoms with Gasteiger partial charge in [0.05, 0.1) is 12.8 Å². The van der Waals surface area contributed by atoms with Crippen molar-refractivity contribution in [2.45, 2.75) is 12.1 Å². The minimum absolute atomic E-state index is 0.00554. The van der Waals surface area contributed by atoms with E-state index < -0.39 is 23.3 Å². The summed E-state index contributed by atoms with van der Waals surface area (Å²) < 4.78 is 33.5. The molecule has 1 aromatic heterocycles. The second-order valence-corrected chi connectivity index (χ2v) is 7.34.